The molecule has 3 atom stereocenters. The highest BCUT2D eigenvalue weighted by atomic mass is 32.2. The number of amides is 2. The largest absolute Gasteiger partial charge is 0.377 e. The number of hydrogen-bond donors (Lipinski definition) is 2. The van der Waals surface area contributed by atoms with Crippen LogP contribution in [0.1, 0.15) is 31.2 Å². The van der Waals surface area contributed by atoms with Gasteiger partial charge in [0.05, 0.1) is 16.2 Å². The van der Waals surface area contributed by atoms with E-state index in [-0.39, 0.29) is 17.0 Å². The van der Waals surface area contributed by atoms with Gasteiger partial charge in [0.15, 0.2) is 9.84 Å². The number of nitrogens with one attached hydrogen (secondary N) is 2. The molecule has 154 valence electrons. The molecule has 1 saturated carbocycles. The van der Waals surface area contributed by atoms with Crippen LogP contribution in [-0.4, -0.2) is 37.4 Å². The number of benzene rings is 1. The van der Waals surface area contributed by atoms with Crippen molar-refractivity contribution in [1.82, 2.24) is 10.3 Å². The molecule has 1 aromatic carbocycles. The number of ether oxygens (including phenoxy) is 1. The third kappa shape index (κ3) is 4.43. The molecule has 1 aliphatic heterocycles. The molecule has 2 N–H and O–H groups in total. The predicted octanol–water partition coefficient (Wildman–Crippen LogP) is 3.13. The Morgan fingerprint density at radius 1 is 1.14 bits per heavy atom. The zero-order chi connectivity index (χ0) is 20.3. The Balaban J connectivity index is 1.38. The van der Waals surface area contributed by atoms with Crippen molar-refractivity contribution in [2.24, 2.45) is 5.92 Å². The first-order valence-electron chi connectivity index (χ1n) is 9.93. The number of urea groups is 1. The molecule has 0 bridgehead atoms. The topological polar surface area (TPSA) is 97.4 Å². The third-order valence-electron chi connectivity index (χ3n) is 5.71. The van der Waals surface area contributed by atoms with E-state index in [1.54, 1.807) is 42.7 Å². The fraction of sp³-hybridized carbons (Fsp3) is 0.429. The van der Waals surface area contributed by atoms with Crippen molar-refractivity contribution >= 4 is 21.6 Å². The minimum absolute atomic E-state index is 0.190. The first kappa shape index (κ1) is 19.8. The van der Waals surface area contributed by atoms with Crippen molar-refractivity contribution in [2.75, 3.05) is 11.9 Å². The van der Waals surface area contributed by atoms with E-state index in [9.17, 15) is 13.2 Å². The van der Waals surface area contributed by atoms with Gasteiger partial charge in [0, 0.05) is 31.2 Å². The Morgan fingerprint density at radius 2 is 1.97 bits per heavy atom. The summed E-state index contributed by atoms with van der Waals surface area (Å²) in [6, 6.07) is 9.67. The maximum absolute atomic E-state index is 13.1. The molecule has 1 aromatic heterocycles. The van der Waals surface area contributed by atoms with Crippen molar-refractivity contribution in [1.29, 1.82) is 0 Å². The molecule has 8 heteroatoms. The number of aromatic nitrogens is 1. The number of carbonyl (C=O) groups excluding carboxylic acids is 1. The molecular formula is C21H25N3O4S. The fourth-order valence-corrected chi connectivity index (χ4v) is 6.21. The summed E-state index contributed by atoms with van der Waals surface area (Å²) in [6.45, 7) is 1.01. The summed E-state index contributed by atoms with van der Waals surface area (Å²) in [6.07, 6.45) is 6.73. The van der Waals surface area contributed by atoms with E-state index in [0.29, 0.717) is 31.2 Å². The molecule has 2 aliphatic rings. The van der Waals surface area contributed by atoms with Crippen molar-refractivity contribution in [2.45, 2.75) is 48.5 Å². The number of pyridine rings is 1. The maximum atomic E-state index is 13.1. The lowest BCUT2D eigenvalue weighted by atomic mass is 9.86. The van der Waals surface area contributed by atoms with Crippen molar-refractivity contribution < 1.29 is 17.9 Å². The Kier molecular flexibility index (Phi) is 5.82. The predicted molar refractivity (Wildman–Crippen MR) is 109 cm³/mol. The first-order valence-corrected chi connectivity index (χ1v) is 11.5. The molecule has 2 amide bonds. The summed E-state index contributed by atoms with van der Waals surface area (Å²) in [7, 11) is -3.47. The van der Waals surface area contributed by atoms with Crippen molar-refractivity contribution in [3.8, 4) is 0 Å². The Hall–Kier alpha value is -2.45. The average Bonchev–Trinajstić information content (AvgIpc) is 3.22. The molecule has 29 heavy (non-hydrogen) atoms. The highest BCUT2D eigenvalue weighted by molar-refractivity contribution is 7.92. The molecule has 2 heterocycles. The van der Waals surface area contributed by atoms with Gasteiger partial charge in [-0.15, -0.1) is 0 Å². The van der Waals surface area contributed by atoms with E-state index in [1.807, 2.05) is 6.07 Å². The van der Waals surface area contributed by atoms with E-state index in [2.05, 4.69) is 15.6 Å². The number of sulfone groups is 1. The van der Waals surface area contributed by atoms with Crippen LogP contribution < -0.4 is 10.6 Å². The third-order valence-corrected chi connectivity index (χ3v) is 7.94. The number of anilines is 1. The van der Waals surface area contributed by atoms with Crippen molar-refractivity contribution in [3.05, 3.63) is 54.4 Å². The van der Waals surface area contributed by atoms with Gasteiger partial charge in [0.1, 0.15) is 0 Å². The van der Waals surface area contributed by atoms with Crippen LogP contribution in [0.3, 0.4) is 0 Å². The molecule has 1 saturated heterocycles. The highest BCUT2D eigenvalue weighted by Gasteiger charge is 2.44. The Bertz CT molecular complexity index is 948. The summed E-state index contributed by atoms with van der Waals surface area (Å²) in [5.74, 6) is 0.355. The molecular weight excluding hydrogens is 390 g/mol. The van der Waals surface area contributed by atoms with Gasteiger partial charge in [-0.3, -0.25) is 4.98 Å². The number of rotatable bonds is 5. The zero-order valence-electron chi connectivity index (χ0n) is 16.1. The number of carbonyl (C=O) groups is 1. The maximum Gasteiger partial charge on any atom is 0.319 e. The second-order valence-corrected chi connectivity index (χ2v) is 9.76. The Labute approximate surface area is 170 Å². The lowest BCUT2D eigenvalue weighted by Gasteiger charge is -2.32. The quantitative estimate of drug-likeness (QED) is 0.782. The normalized spacial score (nSPS) is 23.9. The SMILES string of the molecule is O=C(NCc1cccnc1)Nc1ccc(S(=O)(=O)C2CCCC3CCOC32)cc1. The smallest absolute Gasteiger partial charge is 0.319 e. The van der Waals surface area contributed by atoms with Crippen LogP contribution in [-0.2, 0) is 21.1 Å². The van der Waals surface area contributed by atoms with Gasteiger partial charge < -0.3 is 15.4 Å². The van der Waals surface area contributed by atoms with Gasteiger partial charge in [-0.05, 0) is 61.1 Å². The van der Waals surface area contributed by atoms with E-state index < -0.39 is 15.1 Å². The summed E-state index contributed by atoms with van der Waals surface area (Å²) in [5.41, 5.74) is 1.43. The fourth-order valence-electron chi connectivity index (χ4n) is 4.22. The second-order valence-electron chi connectivity index (χ2n) is 7.59. The number of hydrogen-bond acceptors (Lipinski definition) is 5. The molecule has 0 radical (unpaired) electrons. The monoisotopic (exact) mass is 415 g/mol. The van der Waals surface area contributed by atoms with Gasteiger partial charge in [0.2, 0.25) is 0 Å². The summed E-state index contributed by atoms with van der Waals surface area (Å²) < 4.78 is 32.0. The van der Waals surface area contributed by atoms with Crippen molar-refractivity contribution in [3.63, 3.8) is 0 Å². The van der Waals surface area contributed by atoms with Gasteiger partial charge in [-0.25, -0.2) is 13.2 Å². The minimum Gasteiger partial charge on any atom is -0.377 e. The Morgan fingerprint density at radius 3 is 2.72 bits per heavy atom. The molecule has 7 nitrogen and oxygen atoms in total. The number of fused-ring (bicyclic) bond motifs is 1. The molecule has 3 unspecified atom stereocenters. The summed E-state index contributed by atoms with van der Waals surface area (Å²) >= 11 is 0. The van der Waals surface area contributed by atoms with Gasteiger partial charge in [0.25, 0.3) is 0 Å². The molecule has 4 rings (SSSR count). The van der Waals surface area contributed by atoms with Crippen LogP contribution in [0.5, 0.6) is 0 Å². The van der Waals surface area contributed by atoms with Crippen LogP contribution in [0.15, 0.2) is 53.7 Å². The van der Waals surface area contributed by atoms with Gasteiger partial charge in [-0.1, -0.05) is 12.5 Å². The lowest BCUT2D eigenvalue weighted by molar-refractivity contribution is 0.0691. The van der Waals surface area contributed by atoms with E-state index in [1.165, 1.54) is 0 Å². The zero-order valence-corrected chi connectivity index (χ0v) is 16.9. The summed E-state index contributed by atoms with van der Waals surface area (Å²) in [4.78, 5) is 16.3. The van der Waals surface area contributed by atoms with Gasteiger partial charge in [-0.2, -0.15) is 0 Å². The molecule has 1 aliphatic carbocycles. The highest BCUT2D eigenvalue weighted by Crippen LogP contribution is 2.39. The summed E-state index contributed by atoms with van der Waals surface area (Å²) in [5, 5.41) is 4.98. The van der Waals surface area contributed by atoms with Crippen LogP contribution >= 0.6 is 0 Å². The van der Waals surface area contributed by atoms with E-state index >= 15 is 0 Å². The average molecular weight is 416 g/mol. The van der Waals surface area contributed by atoms with Crippen LogP contribution in [0.2, 0.25) is 0 Å². The standard InChI is InChI=1S/C21H25N3O4S/c25-21(23-14-15-3-2-11-22-13-15)24-17-6-8-18(9-7-17)29(26,27)19-5-1-4-16-10-12-28-20(16)19/h2-3,6-9,11,13,16,19-20H,1,4-5,10,12,14H2,(H2,23,24,25). The molecule has 2 aromatic rings. The van der Waals surface area contributed by atoms with E-state index in [4.69, 9.17) is 4.74 Å². The number of nitrogens with zero attached hydrogens (tertiary/aromatic N) is 1. The van der Waals surface area contributed by atoms with Crippen LogP contribution in [0.25, 0.3) is 0 Å². The lowest BCUT2D eigenvalue weighted by Crippen LogP contribution is -2.40. The minimum atomic E-state index is -3.47. The van der Waals surface area contributed by atoms with Gasteiger partial charge >= 0.3 is 6.03 Å². The molecule has 2 fully saturated rings. The molecule has 0 spiro atoms. The second kappa shape index (κ2) is 8.51. The van der Waals surface area contributed by atoms with E-state index in [0.717, 1.165) is 24.8 Å². The van der Waals surface area contributed by atoms with Crippen LogP contribution in [0, 0.1) is 5.92 Å². The first-order chi connectivity index (χ1) is 14.0. The van der Waals surface area contributed by atoms with Crippen LogP contribution in [0.4, 0.5) is 10.5 Å².